The zero-order valence-corrected chi connectivity index (χ0v) is 9.98. The molecule has 0 amide bonds. The maximum atomic E-state index is 13.4. The molecule has 0 radical (unpaired) electrons. The summed E-state index contributed by atoms with van der Waals surface area (Å²) < 4.78 is 18.7. The molecule has 1 N–H and O–H groups in total. The summed E-state index contributed by atoms with van der Waals surface area (Å²) in [6.45, 7) is 0. The van der Waals surface area contributed by atoms with Crippen molar-refractivity contribution < 1.29 is 18.7 Å². The van der Waals surface area contributed by atoms with Crippen LogP contribution in [0.5, 0.6) is 0 Å². The number of thioether (sulfide) groups is 1. The smallest absolute Gasteiger partial charge is 0.304 e. The Morgan fingerprint density at radius 1 is 1.39 bits per heavy atom. The van der Waals surface area contributed by atoms with Crippen LogP contribution in [-0.2, 0) is 4.79 Å². The third-order valence-electron chi connectivity index (χ3n) is 2.05. The molecule has 94 valence electrons. The van der Waals surface area contributed by atoms with Crippen LogP contribution < -0.4 is 0 Å². The van der Waals surface area contributed by atoms with E-state index in [1.165, 1.54) is 12.1 Å². The lowest BCUT2D eigenvalue weighted by atomic mass is 10.2. The SMILES string of the molecule is O=C(O)CCSc1nnc(-c2ccccc2F)o1. The van der Waals surface area contributed by atoms with Crippen molar-refractivity contribution in [2.45, 2.75) is 11.6 Å². The van der Waals surface area contributed by atoms with Crippen LogP contribution in [-0.4, -0.2) is 27.0 Å². The van der Waals surface area contributed by atoms with Crippen LogP contribution in [0.1, 0.15) is 6.42 Å². The van der Waals surface area contributed by atoms with Crippen molar-refractivity contribution in [2.75, 3.05) is 5.75 Å². The molecule has 2 aromatic rings. The molecule has 0 atom stereocenters. The highest BCUT2D eigenvalue weighted by Gasteiger charge is 2.12. The van der Waals surface area contributed by atoms with Crippen molar-refractivity contribution in [3.05, 3.63) is 30.1 Å². The maximum absolute atomic E-state index is 13.4. The minimum Gasteiger partial charge on any atom is -0.481 e. The minimum absolute atomic E-state index is 0.00206. The molecular weight excluding hydrogens is 259 g/mol. The summed E-state index contributed by atoms with van der Waals surface area (Å²) in [6, 6.07) is 6.07. The molecule has 1 aromatic carbocycles. The first-order chi connectivity index (χ1) is 8.66. The molecule has 7 heteroatoms. The fourth-order valence-corrected chi connectivity index (χ4v) is 1.92. The summed E-state index contributed by atoms with van der Waals surface area (Å²) in [5.41, 5.74) is 0.232. The number of aliphatic carboxylic acids is 1. The standard InChI is InChI=1S/C11H9FN2O3S/c12-8-4-2-1-3-7(8)10-13-14-11(17-10)18-6-5-9(15)16/h1-4H,5-6H2,(H,15,16). The summed E-state index contributed by atoms with van der Waals surface area (Å²) in [5.74, 6) is -0.917. The van der Waals surface area contributed by atoms with E-state index >= 15 is 0 Å². The topological polar surface area (TPSA) is 76.2 Å². The summed E-state index contributed by atoms with van der Waals surface area (Å²) in [5, 5.41) is 16.1. The van der Waals surface area contributed by atoms with E-state index in [4.69, 9.17) is 9.52 Å². The van der Waals surface area contributed by atoms with Gasteiger partial charge in [0.15, 0.2) is 0 Å². The monoisotopic (exact) mass is 268 g/mol. The molecule has 0 saturated heterocycles. The van der Waals surface area contributed by atoms with Crippen LogP contribution >= 0.6 is 11.8 Å². The van der Waals surface area contributed by atoms with E-state index in [2.05, 4.69) is 10.2 Å². The number of carbonyl (C=O) groups is 1. The normalized spacial score (nSPS) is 10.5. The van der Waals surface area contributed by atoms with Gasteiger partial charge in [0.2, 0.25) is 0 Å². The van der Waals surface area contributed by atoms with Gasteiger partial charge in [-0.25, -0.2) is 4.39 Å². The van der Waals surface area contributed by atoms with Crippen LogP contribution in [0.2, 0.25) is 0 Å². The van der Waals surface area contributed by atoms with Gasteiger partial charge in [0.05, 0.1) is 12.0 Å². The molecule has 5 nitrogen and oxygen atoms in total. The van der Waals surface area contributed by atoms with Gasteiger partial charge in [0, 0.05) is 5.75 Å². The third-order valence-corrected chi connectivity index (χ3v) is 2.87. The minimum atomic E-state index is -0.892. The average Bonchev–Trinajstić information content (AvgIpc) is 2.78. The molecule has 0 aliphatic heterocycles. The van der Waals surface area contributed by atoms with E-state index in [0.29, 0.717) is 5.75 Å². The molecule has 1 heterocycles. The maximum Gasteiger partial charge on any atom is 0.304 e. The highest BCUT2D eigenvalue weighted by Crippen LogP contribution is 2.25. The Morgan fingerprint density at radius 2 is 2.17 bits per heavy atom. The number of benzene rings is 1. The zero-order chi connectivity index (χ0) is 13.0. The summed E-state index contributed by atoms with van der Waals surface area (Å²) >= 11 is 1.13. The van der Waals surface area contributed by atoms with Gasteiger partial charge in [-0.15, -0.1) is 10.2 Å². The molecular formula is C11H9FN2O3S. The van der Waals surface area contributed by atoms with E-state index in [1.807, 2.05) is 0 Å². The van der Waals surface area contributed by atoms with Crippen molar-refractivity contribution in [3.8, 4) is 11.5 Å². The van der Waals surface area contributed by atoms with E-state index in [0.717, 1.165) is 11.8 Å². The Kier molecular flexibility index (Phi) is 3.93. The van der Waals surface area contributed by atoms with Crippen molar-refractivity contribution in [1.29, 1.82) is 0 Å². The second kappa shape index (κ2) is 5.63. The largest absolute Gasteiger partial charge is 0.481 e. The first-order valence-electron chi connectivity index (χ1n) is 5.10. The van der Waals surface area contributed by atoms with E-state index in [9.17, 15) is 9.18 Å². The van der Waals surface area contributed by atoms with Gasteiger partial charge in [0.1, 0.15) is 5.82 Å². The predicted molar refractivity (Wildman–Crippen MR) is 62.7 cm³/mol. The quantitative estimate of drug-likeness (QED) is 0.839. The Hall–Kier alpha value is -1.89. The van der Waals surface area contributed by atoms with E-state index < -0.39 is 11.8 Å². The lowest BCUT2D eigenvalue weighted by molar-refractivity contribution is -0.136. The number of carboxylic acids is 1. The predicted octanol–water partition coefficient (Wildman–Crippen LogP) is 2.44. The van der Waals surface area contributed by atoms with Crippen LogP contribution in [0.25, 0.3) is 11.5 Å². The molecule has 0 spiro atoms. The van der Waals surface area contributed by atoms with E-state index in [1.54, 1.807) is 12.1 Å². The lowest BCUT2D eigenvalue weighted by Crippen LogP contribution is -1.95. The Labute approximate surface area is 106 Å². The van der Waals surface area contributed by atoms with Crippen LogP contribution in [0, 0.1) is 5.82 Å². The van der Waals surface area contributed by atoms with Crippen molar-refractivity contribution in [2.24, 2.45) is 0 Å². The first kappa shape index (κ1) is 12.6. The van der Waals surface area contributed by atoms with Gasteiger partial charge in [-0.05, 0) is 12.1 Å². The number of rotatable bonds is 5. The second-order valence-corrected chi connectivity index (χ2v) is 4.39. The fraction of sp³-hybridized carbons (Fsp3) is 0.182. The van der Waals surface area contributed by atoms with E-state index in [-0.39, 0.29) is 23.1 Å². The van der Waals surface area contributed by atoms with Crippen LogP contribution in [0.15, 0.2) is 33.9 Å². The van der Waals surface area contributed by atoms with Gasteiger partial charge in [-0.1, -0.05) is 23.9 Å². The van der Waals surface area contributed by atoms with Gasteiger partial charge in [-0.2, -0.15) is 0 Å². The summed E-state index contributed by atoms with van der Waals surface area (Å²) in [6.07, 6.45) is 0.00206. The van der Waals surface area contributed by atoms with Crippen molar-refractivity contribution in [1.82, 2.24) is 10.2 Å². The second-order valence-electron chi connectivity index (χ2n) is 3.35. The average molecular weight is 268 g/mol. The Morgan fingerprint density at radius 3 is 2.89 bits per heavy atom. The molecule has 1 aromatic heterocycles. The van der Waals surface area contributed by atoms with Crippen LogP contribution in [0.4, 0.5) is 4.39 Å². The zero-order valence-electron chi connectivity index (χ0n) is 9.17. The molecule has 0 aliphatic carbocycles. The number of hydrogen-bond donors (Lipinski definition) is 1. The highest BCUT2D eigenvalue weighted by atomic mass is 32.2. The molecule has 0 fully saturated rings. The number of halogens is 1. The van der Waals surface area contributed by atoms with Gasteiger partial charge in [0.25, 0.3) is 11.1 Å². The van der Waals surface area contributed by atoms with Crippen molar-refractivity contribution in [3.63, 3.8) is 0 Å². The van der Waals surface area contributed by atoms with Crippen molar-refractivity contribution >= 4 is 17.7 Å². The highest BCUT2D eigenvalue weighted by molar-refractivity contribution is 7.99. The Bertz CT molecular complexity index is 559. The Balaban J connectivity index is 2.06. The number of carboxylic acid groups (broad SMARTS) is 1. The molecule has 0 unspecified atom stereocenters. The molecule has 18 heavy (non-hydrogen) atoms. The van der Waals surface area contributed by atoms with Gasteiger partial charge < -0.3 is 9.52 Å². The molecule has 2 rings (SSSR count). The third kappa shape index (κ3) is 3.07. The van der Waals surface area contributed by atoms with Gasteiger partial charge in [-0.3, -0.25) is 4.79 Å². The number of hydrogen-bond acceptors (Lipinski definition) is 5. The summed E-state index contributed by atoms with van der Waals surface area (Å²) in [4.78, 5) is 10.3. The number of nitrogens with zero attached hydrogens (tertiary/aromatic N) is 2. The molecule has 0 aliphatic rings. The fourth-order valence-electron chi connectivity index (χ4n) is 1.24. The first-order valence-corrected chi connectivity index (χ1v) is 6.08. The summed E-state index contributed by atoms with van der Waals surface area (Å²) in [7, 11) is 0. The molecule has 0 saturated carbocycles. The van der Waals surface area contributed by atoms with Crippen LogP contribution in [0.3, 0.4) is 0 Å². The van der Waals surface area contributed by atoms with Gasteiger partial charge >= 0.3 is 5.97 Å². The molecule has 0 bridgehead atoms. The lowest BCUT2D eigenvalue weighted by Gasteiger charge is -1.95. The number of aromatic nitrogens is 2.